The highest BCUT2D eigenvalue weighted by molar-refractivity contribution is 7.11. The van der Waals surface area contributed by atoms with Crippen molar-refractivity contribution in [1.82, 2.24) is 10.3 Å². The van der Waals surface area contributed by atoms with Gasteiger partial charge in [0.25, 0.3) is 0 Å². The number of carbonyl (C=O) groups is 1. The highest BCUT2D eigenvalue weighted by atomic mass is 32.1. The van der Waals surface area contributed by atoms with Crippen LogP contribution in [0.4, 0.5) is 4.79 Å². The summed E-state index contributed by atoms with van der Waals surface area (Å²) >= 11 is 1.78. The van der Waals surface area contributed by atoms with Gasteiger partial charge in [0.15, 0.2) is 0 Å². The SMILES string of the molecule is COC(=O)NCCc1nc2c(s1)CCC2. The summed E-state index contributed by atoms with van der Waals surface area (Å²) in [6.45, 7) is 0.596. The van der Waals surface area contributed by atoms with Gasteiger partial charge < -0.3 is 10.1 Å². The lowest BCUT2D eigenvalue weighted by Crippen LogP contribution is -2.25. The molecular formula is C10H14N2O2S. The molecule has 0 unspecified atom stereocenters. The Morgan fingerprint density at radius 1 is 1.60 bits per heavy atom. The summed E-state index contributed by atoms with van der Waals surface area (Å²) in [7, 11) is 1.37. The van der Waals surface area contributed by atoms with E-state index in [-0.39, 0.29) is 6.09 Å². The number of fused-ring (bicyclic) bond motifs is 1. The van der Waals surface area contributed by atoms with E-state index in [1.807, 2.05) is 0 Å². The van der Waals surface area contributed by atoms with E-state index < -0.39 is 0 Å². The second-order valence-electron chi connectivity index (χ2n) is 3.50. The number of hydrogen-bond donors (Lipinski definition) is 1. The Hall–Kier alpha value is -1.10. The van der Waals surface area contributed by atoms with Crippen LogP contribution in [0.2, 0.25) is 0 Å². The molecule has 0 saturated carbocycles. The maximum atomic E-state index is 10.8. The fourth-order valence-electron chi connectivity index (χ4n) is 1.69. The summed E-state index contributed by atoms with van der Waals surface area (Å²) in [6.07, 6.45) is 3.97. The second-order valence-corrected chi connectivity index (χ2v) is 4.67. The summed E-state index contributed by atoms with van der Waals surface area (Å²) in [5.41, 5.74) is 1.27. The van der Waals surface area contributed by atoms with Gasteiger partial charge in [0.05, 0.1) is 17.8 Å². The number of thiazole rings is 1. The van der Waals surface area contributed by atoms with E-state index in [1.54, 1.807) is 11.3 Å². The average Bonchev–Trinajstić information content (AvgIpc) is 2.77. The number of aromatic nitrogens is 1. The summed E-state index contributed by atoms with van der Waals surface area (Å²) in [6, 6.07) is 0. The van der Waals surface area contributed by atoms with Gasteiger partial charge >= 0.3 is 6.09 Å². The predicted molar refractivity (Wildman–Crippen MR) is 58.3 cm³/mol. The molecule has 1 amide bonds. The van der Waals surface area contributed by atoms with E-state index in [9.17, 15) is 4.79 Å². The molecule has 0 atom stereocenters. The third kappa shape index (κ3) is 2.47. The highest BCUT2D eigenvalue weighted by Crippen LogP contribution is 2.27. The van der Waals surface area contributed by atoms with Gasteiger partial charge in [-0.2, -0.15) is 0 Å². The number of ether oxygens (including phenoxy) is 1. The van der Waals surface area contributed by atoms with Crippen LogP contribution in [0, 0.1) is 0 Å². The molecule has 82 valence electrons. The van der Waals surface area contributed by atoms with Crippen LogP contribution in [-0.2, 0) is 24.0 Å². The number of amides is 1. The molecule has 0 saturated heterocycles. The van der Waals surface area contributed by atoms with Crippen LogP contribution in [0.1, 0.15) is 22.0 Å². The van der Waals surface area contributed by atoms with Crippen LogP contribution in [-0.4, -0.2) is 24.7 Å². The van der Waals surface area contributed by atoms with Gasteiger partial charge in [-0.3, -0.25) is 0 Å². The highest BCUT2D eigenvalue weighted by Gasteiger charge is 2.16. The van der Waals surface area contributed by atoms with Crippen LogP contribution >= 0.6 is 11.3 Å². The topological polar surface area (TPSA) is 51.2 Å². The molecule has 15 heavy (non-hydrogen) atoms. The predicted octanol–water partition coefficient (Wildman–Crippen LogP) is 1.53. The molecule has 2 rings (SSSR count). The molecule has 1 aromatic rings. The zero-order chi connectivity index (χ0) is 10.7. The Kier molecular flexibility index (Phi) is 3.20. The zero-order valence-electron chi connectivity index (χ0n) is 8.71. The molecule has 5 heteroatoms. The van der Waals surface area contributed by atoms with Gasteiger partial charge in [0, 0.05) is 17.8 Å². The maximum absolute atomic E-state index is 10.8. The van der Waals surface area contributed by atoms with E-state index >= 15 is 0 Å². The molecule has 1 aromatic heterocycles. The van der Waals surface area contributed by atoms with Crippen molar-refractivity contribution in [2.45, 2.75) is 25.7 Å². The monoisotopic (exact) mass is 226 g/mol. The molecule has 0 bridgehead atoms. The molecule has 1 heterocycles. The Labute approximate surface area is 92.7 Å². The van der Waals surface area contributed by atoms with E-state index in [2.05, 4.69) is 15.0 Å². The van der Waals surface area contributed by atoms with Crippen LogP contribution in [0.15, 0.2) is 0 Å². The Morgan fingerprint density at radius 2 is 2.47 bits per heavy atom. The minimum atomic E-state index is -0.376. The van der Waals surface area contributed by atoms with Crippen molar-refractivity contribution in [3.05, 3.63) is 15.6 Å². The summed E-state index contributed by atoms with van der Waals surface area (Å²) in [4.78, 5) is 16.8. The van der Waals surface area contributed by atoms with Gasteiger partial charge in [0.1, 0.15) is 0 Å². The van der Waals surface area contributed by atoms with Crippen LogP contribution < -0.4 is 5.32 Å². The largest absolute Gasteiger partial charge is 0.453 e. The van der Waals surface area contributed by atoms with Gasteiger partial charge in [-0.05, 0) is 19.3 Å². The van der Waals surface area contributed by atoms with Gasteiger partial charge in [0.2, 0.25) is 0 Å². The standard InChI is InChI=1S/C10H14N2O2S/c1-14-10(13)11-6-5-9-12-7-3-2-4-8(7)15-9/h2-6H2,1H3,(H,11,13). The normalized spacial score (nSPS) is 13.7. The number of alkyl carbamates (subject to hydrolysis) is 1. The molecule has 4 nitrogen and oxygen atoms in total. The van der Waals surface area contributed by atoms with Crippen molar-refractivity contribution >= 4 is 17.4 Å². The number of aryl methyl sites for hydroxylation is 2. The maximum Gasteiger partial charge on any atom is 0.406 e. The van der Waals surface area contributed by atoms with Gasteiger partial charge in [-0.1, -0.05) is 0 Å². The fraction of sp³-hybridized carbons (Fsp3) is 0.600. The smallest absolute Gasteiger partial charge is 0.406 e. The molecule has 0 aromatic carbocycles. The summed E-state index contributed by atoms with van der Waals surface area (Å²) in [5.74, 6) is 0. The first kappa shape index (κ1) is 10.4. The second kappa shape index (κ2) is 4.61. The van der Waals surface area contributed by atoms with E-state index in [0.29, 0.717) is 6.54 Å². The number of carbonyl (C=O) groups excluding carboxylic acids is 1. The first-order valence-corrected chi connectivity index (χ1v) is 5.90. The molecule has 1 aliphatic rings. The van der Waals surface area contributed by atoms with Crippen molar-refractivity contribution in [1.29, 1.82) is 0 Å². The van der Waals surface area contributed by atoms with Gasteiger partial charge in [-0.25, -0.2) is 9.78 Å². The number of rotatable bonds is 3. The molecule has 1 aliphatic carbocycles. The summed E-state index contributed by atoms with van der Waals surface area (Å²) in [5, 5.41) is 3.77. The number of hydrogen-bond acceptors (Lipinski definition) is 4. The zero-order valence-corrected chi connectivity index (χ0v) is 9.52. The third-order valence-corrected chi connectivity index (χ3v) is 3.65. The third-order valence-electron chi connectivity index (χ3n) is 2.43. The van der Waals surface area contributed by atoms with E-state index in [1.165, 1.54) is 30.5 Å². The van der Waals surface area contributed by atoms with Crippen LogP contribution in [0.5, 0.6) is 0 Å². The Bertz CT molecular complexity index is 341. The molecule has 0 fully saturated rings. The van der Waals surface area contributed by atoms with E-state index in [4.69, 9.17) is 0 Å². The molecular weight excluding hydrogens is 212 g/mol. The minimum absolute atomic E-state index is 0.376. The van der Waals surface area contributed by atoms with Crippen LogP contribution in [0.25, 0.3) is 0 Å². The number of nitrogens with zero attached hydrogens (tertiary/aromatic N) is 1. The fourth-order valence-corrected chi connectivity index (χ4v) is 2.85. The first-order chi connectivity index (χ1) is 7.29. The summed E-state index contributed by atoms with van der Waals surface area (Å²) < 4.78 is 4.48. The quantitative estimate of drug-likeness (QED) is 0.850. The Morgan fingerprint density at radius 3 is 3.20 bits per heavy atom. The van der Waals surface area contributed by atoms with Crippen molar-refractivity contribution in [2.24, 2.45) is 0 Å². The molecule has 0 spiro atoms. The molecule has 1 N–H and O–H groups in total. The molecule has 0 aliphatic heterocycles. The average molecular weight is 226 g/mol. The first-order valence-electron chi connectivity index (χ1n) is 5.09. The number of methoxy groups -OCH3 is 1. The van der Waals surface area contributed by atoms with Crippen molar-refractivity contribution in [3.63, 3.8) is 0 Å². The van der Waals surface area contributed by atoms with Crippen molar-refractivity contribution in [3.8, 4) is 0 Å². The van der Waals surface area contributed by atoms with Crippen molar-refractivity contribution in [2.75, 3.05) is 13.7 Å². The number of nitrogens with one attached hydrogen (secondary N) is 1. The van der Waals surface area contributed by atoms with Crippen LogP contribution in [0.3, 0.4) is 0 Å². The lowest BCUT2D eigenvalue weighted by Gasteiger charge is -2.00. The van der Waals surface area contributed by atoms with E-state index in [0.717, 1.165) is 17.8 Å². The lowest BCUT2D eigenvalue weighted by atomic mass is 10.3. The van der Waals surface area contributed by atoms with Gasteiger partial charge in [-0.15, -0.1) is 11.3 Å². The lowest BCUT2D eigenvalue weighted by molar-refractivity contribution is 0.171. The minimum Gasteiger partial charge on any atom is -0.453 e. The van der Waals surface area contributed by atoms with Crippen molar-refractivity contribution < 1.29 is 9.53 Å². The Balaban J connectivity index is 1.81. The molecule has 0 radical (unpaired) electrons.